The number of benzene rings is 1. The zero-order valence-electron chi connectivity index (χ0n) is 11.6. The number of H-pyrrole nitrogens is 1. The molecule has 1 amide bonds. The molecule has 0 radical (unpaired) electrons. The summed E-state index contributed by atoms with van der Waals surface area (Å²) < 4.78 is 0. The van der Waals surface area contributed by atoms with Crippen molar-refractivity contribution < 1.29 is 14.7 Å². The number of aromatic nitrogens is 1. The van der Waals surface area contributed by atoms with Crippen LogP contribution in [0.1, 0.15) is 23.3 Å². The first-order chi connectivity index (χ1) is 9.99. The summed E-state index contributed by atoms with van der Waals surface area (Å²) in [5.41, 5.74) is 0.593. The number of carbonyl (C=O) groups is 2. The summed E-state index contributed by atoms with van der Waals surface area (Å²) in [5.74, 6) is -1.22. The minimum atomic E-state index is -0.894. The van der Waals surface area contributed by atoms with Crippen LogP contribution in [0.2, 0.25) is 0 Å². The Morgan fingerprint density at radius 1 is 1.29 bits per heavy atom. The van der Waals surface area contributed by atoms with Gasteiger partial charge in [0.05, 0.1) is 0 Å². The van der Waals surface area contributed by atoms with E-state index < -0.39 is 5.97 Å². The second kappa shape index (κ2) is 6.21. The molecule has 1 aromatic heterocycles. The summed E-state index contributed by atoms with van der Waals surface area (Å²) in [6.45, 7) is 0.319. The summed E-state index contributed by atoms with van der Waals surface area (Å²) in [6.07, 6.45) is 0.376. The SMILES string of the molecule is CN(CCCC(=O)O)C(=O)c1cc(=O)c2ccccc2[nH]1. The summed E-state index contributed by atoms with van der Waals surface area (Å²) in [4.78, 5) is 39.0. The van der Waals surface area contributed by atoms with Crippen molar-refractivity contribution in [3.63, 3.8) is 0 Å². The molecular weight excluding hydrogens is 272 g/mol. The van der Waals surface area contributed by atoms with Crippen LogP contribution in [0.4, 0.5) is 0 Å². The number of aliphatic carboxylic acids is 1. The van der Waals surface area contributed by atoms with Crippen molar-refractivity contribution in [1.82, 2.24) is 9.88 Å². The van der Waals surface area contributed by atoms with Crippen LogP contribution < -0.4 is 5.43 Å². The quantitative estimate of drug-likeness (QED) is 0.871. The van der Waals surface area contributed by atoms with E-state index >= 15 is 0 Å². The van der Waals surface area contributed by atoms with Crippen LogP contribution in [0.3, 0.4) is 0 Å². The monoisotopic (exact) mass is 288 g/mol. The summed E-state index contributed by atoms with van der Waals surface area (Å²) >= 11 is 0. The van der Waals surface area contributed by atoms with Gasteiger partial charge in [0, 0.05) is 37.0 Å². The minimum absolute atomic E-state index is 0.00581. The second-order valence-electron chi connectivity index (χ2n) is 4.82. The molecule has 0 saturated carbocycles. The minimum Gasteiger partial charge on any atom is -0.481 e. The van der Waals surface area contributed by atoms with Crippen molar-refractivity contribution in [2.45, 2.75) is 12.8 Å². The molecule has 2 aromatic rings. The van der Waals surface area contributed by atoms with Gasteiger partial charge in [-0.2, -0.15) is 0 Å². The predicted molar refractivity (Wildman–Crippen MR) is 78.4 cm³/mol. The van der Waals surface area contributed by atoms with Gasteiger partial charge in [-0.1, -0.05) is 12.1 Å². The number of para-hydroxylation sites is 1. The van der Waals surface area contributed by atoms with Crippen molar-refractivity contribution in [3.8, 4) is 0 Å². The lowest BCUT2D eigenvalue weighted by molar-refractivity contribution is -0.137. The molecule has 2 N–H and O–H groups in total. The molecule has 0 aliphatic carbocycles. The van der Waals surface area contributed by atoms with Gasteiger partial charge in [-0.15, -0.1) is 0 Å². The Morgan fingerprint density at radius 2 is 2.00 bits per heavy atom. The third kappa shape index (κ3) is 3.47. The molecule has 6 heteroatoms. The van der Waals surface area contributed by atoms with E-state index in [4.69, 9.17) is 5.11 Å². The van der Waals surface area contributed by atoms with E-state index in [1.54, 1.807) is 31.3 Å². The largest absolute Gasteiger partial charge is 0.481 e. The van der Waals surface area contributed by atoms with Gasteiger partial charge < -0.3 is 15.0 Å². The van der Waals surface area contributed by atoms with Crippen molar-refractivity contribution in [1.29, 1.82) is 0 Å². The first-order valence-corrected chi connectivity index (χ1v) is 6.58. The maximum Gasteiger partial charge on any atom is 0.303 e. The molecule has 6 nitrogen and oxygen atoms in total. The number of hydrogen-bond donors (Lipinski definition) is 2. The maximum absolute atomic E-state index is 12.2. The van der Waals surface area contributed by atoms with Gasteiger partial charge in [-0.25, -0.2) is 0 Å². The summed E-state index contributed by atoms with van der Waals surface area (Å²) in [5, 5.41) is 9.12. The Labute approximate surface area is 121 Å². The molecule has 0 fully saturated rings. The Morgan fingerprint density at radius 3 is 2.71 bits per heavy atom. The molecule has 1 aromatic carbocycles. The molecule has 110 valence electrons. The number of nitrogens with one attached hydrogen (secondary N) is 1. The summed E-state index contributed by atoms with van der Waals surface area (Å²) in [7, 11) is 1.58. The smallest absolute Gasteiger partial charge is 0.303 e. The van der Waals surface area contributed by atoms with Crippen LogP contribution in [0.25, 0.3) is 10.9 Å². The molecule has 0 spiro atoms. The second-order valence-corrected chi connectivity index (χ2v) is 4.82. The normalized spacial score (nSPS) is 10.5. The van der Waals surface area contributed by atoms with Crippen LogP contribution in [0.15, 0.2) is 35.1 Å². The number of pyridine rings is 1. The zero-order valence-corrected chi connectivity index (χ0v) is 11.6. The third-order valence-corrected chi connectivity index (χ3v) is 3.20. The van der Waals surface area contributed by atoms with E-state index in [1.165, 1.54) is 11.0 Å². The van der Waals surface area contributed by atoms with Gasteiger partial charge in [-0.05, 0) is 18.6 Å². The predicted octanol–water partition coefficient (Wildman–Crippen LogP) is 1.46. The first kappa shape index (κ1) is 14.8. The van der Waals surface area contributed by atoms with Crippen molar-refractivity contribution in [2.75, 3.05) is 13.6 Å². The average molecular weight is 288 g/mol. The number of carboxylic acid groups (broad SMARTS) is 1. The van der Waals surface area contributed by atoms with Crippen molar-refractivity contribution in [2.24, 2.45) is 0 Å². The van der Waals surface area contributed by atoms with E-state index in [2.05, 4.69) is 4.98 Å². The highest BCUT2D eigenvalue weighted by molar-refractivity contribution is 5.94. The topological polar surface area (TPSA) is 90.5 Å². The van der Waals surface area contributed by atoms with Gasteiger partial charge in [0.25, 0.3) is 5.91 Å². The van der Waals surface area contributed by atoms with Crippen LogP contribution in [0.5, 0.6) is 0 Å². The number of carboxylic acids is 1. The Balaban J connectivity index is 2.19. The Kier molecular flexibility index (Phi) is 4.37. The molecular formula is C15H16N2O4. The highest BCUT2D eigenvalue weighted by Gasteiger charge is 2.14. The van der Waals surface area contributed by atoms with Gasteiger partial charge >= 0.3 is 5.97 Å². The molecule has 0 aliphatic heterocycles. The number of carbonyl (C=O) groups excluding carboxylic acids is 1. The lowest BCUT2D eigenvalue weighted by Crippen LogP contribution is -2.29. The van der Waals surface area contributed by atoms with E-state index in [9.17, 15) is 14.4 Å². The van der Waals surface area contributed by atoms with Crippen LogP contribution in [0, 0.1) is 0 Å². The number of nitrogens with zero attached hydrogens (tertiary/aromatic N) is 1. The standard InChI is InChI=1S/C15H16N2O4/c1-17(8-4-7-14(19)20)15(21)12-9-13(18)10-5-2-3-6-11(10)16-12/h2-3,5-6,9H,4,7-8H2,1H3,(H,16,18)(H,19,20). The Bertz CT molecular complexity index is 736. The lowest BCUT2D eigenvalue weighted by Gasteiger charge is -2.16. The number of amides is 1. The van der Waals surface area contributed by atoms with Crippen molar-refractivity contribution >= 4 is 22.8 Å². The molecule has 0 unspecified atom stereocenters. The molecule has 0 aliphatic rings. The highest BCUT2D eigenvalue weighted by Crippen LogP contribution is 2.09. The van der Waals surface area contributed by atoms with E-state index in [0.29, 0.717) is 23.9 Å². The van der Waals surface area contributed by atoms with Gasteiger partial charge in [0.1, 0.15) is 5.69 Å². The first-order valence-electron chi connectivity index (χ1n) is 6.58. The van der Waals surface area contributed by atoms with Crippen LogP contribution >= 0.6 is 0 Å². The molecule has 1 heterocycles. The number of fused-ring (bicyclic) bond motifs is 1. The molecule has 21 heavy (non-hydrogen) atoms. The average Bonchev–Trinajstić information content (AvgIpc) is 2.46. The zero-order chi connectivity index (χ0) is 15.4. The van der Waals surface area contributed by atoms with E-state index in [0.717, 1.165) is 0 Å². The highest BCUT2D eigenvalue weighted by atomic mass is 16.4. The Hall–Kier alpha value is -2.63. The lowest BCUT2D eigenvalue weighted by atomic mass is 10.2. The fraction of sp³-hybridized carbons (Fsp3) is 0.267. The van der Waals surface area contributed by atoms with Gasteiger partial charge in [-0.3, -0.25) is 14.4 Å². The molecule has 0 bridgehead atoms. The number of hydrogen-bond acceptors (Lipinski definition) is 3. The van der Waals surface area contributed by atoms with Crippen molar-refractivity contribution in [3.05, 3.63) is 46.2 Å². The summed E-state index contributed by atoms with van der Waals surface area (Å²) in [6, 6.07) is 8.25. The number of rotatable bonds is 5. The van der Waals surface area contributed by atoms with E-state index in [1.807, 2.05) is 0 Å². The maximum atomic E-state index is 12.2. The fourth-order valence-electron chi connectivity index (χ4n) is 2.09. The molecule has 0 atom stereocenters. The van der Waals surface area contributed by atoms with Crippen LogP contribution in [-0.2, 0) is 4.79 Å². The molecule has 0 saturated heterocycles. The van der Waals surface area contributed by atoms with Gasteiger partial charge in [0.2, 0.25) is 0 Å². The fourth-order valence-corrected chi connectivity index (χ4v) is 2.09. The number of aromatic amines is 1. The molecule has 2 rings (SSSR count). The van der Waals surface area contributed by atoms with E-state index in [-0.39, 0.29) is 23.5 Å². The van der Waals surface area contributed by atoms with Crippen LogP contribution in [-0.4, -0.2) is 40.5 Å². The third-order valence-electron chi connectivity index (χ3n) is 3.20. The van der Waals surface area contributed by atoms with Gasteiger partial charge in [0.15, 0.2) is 5.43 Å².